The molecule has 2 nitrogen and oxygen atoms in total. The van der Waals surface area contributed by atoms with Crippen LogP contribution in [0.1, 0.15) is 40.0 Å². The molecule has 0 heterocycles. The van der Waals surface area contributed by atoms with E-state index in [1.165, 1.54) is 12.8 Å². The molecule has 0 aromatic heterocycles. The van der Waals surface area contributed by atoms with Gasteiger partial charge in [-0.25, -0.2) is 0 Å². The lowest BCUT2D eigenvalue weighted by molar-refractivity contribution is 0.0103. The van der Waals surface area contributed by atoms with Gasteiger partial charge in [-0.1, -0.05) is 13.3 Å². The highest BCUT2D eigenvalue weighted by Crippen LogP contribution is 2.20. The summed E-state index contributed by atoms with van der Waals surface area (Å²) in [6.45, 7) is 7.68. The molecule has 1 atom stereocenters. The molecule has 0 aromatic carbocycles. The maximum absolute atomic E-state index is 5.39. The molecule has 13 heavy (non-hydrogen) atoms. The quantitative estimate of drug-likeness (QED) is 0.661. The lowest BCUT2D eigenvalue weighted by atomic mass is 9.93. The molecule has 0 saturated heterocycles. The Morgan fingerprint density at radius 3 is 2.38 bits per heavy atom. The number of ether oxygens (including phenoxy) is 1. The largest absolute Gasteiger partial charge is 0.379 e. The van der Waals surface area contributed by atoms with Crippen LogP contribution in [0.15, 0.2) is 0 Å². The van der Waals surface area contributed by atoms with Crippen molar-refractivity contribution >= 4 is 0 Å². The first-order chi connectivity index (χ1) is 6.05. The molecule has 1 N–H and O–H groups in total. The van der Waals surface area contributed by atoms with Crippen LogP contribution in [0.4, 0.5) is 0 Å². The first-order valence-electron chi connectivity index (χ1n) is 5.25. The molecule has 0 rings (SSSR count). The SMILES string of the molecule is CCC(CCC(C)(C)OC)CNC. The molecule has 0 aliphatic rings. The maximum Gasteiger partial charge on any atom is 0.0622 e. The Balaban J connectivity index is 3.70. The van der Waals surface area contributed by atoms with Crippen molar-refractivity contribution < 1.29 is 4.74 Å². The molecular formula is C11H25NO. The van der Waals surface area contributed by atoms with Gasteiger partial charge in [0.05, 0.1) is 5.60 Å². The third kappa shape index (κ3) is 6.05. The van der Waals surface area contributed by atoms with E-state index < -0.39 is 0 Å². The van der Waals surface area contributed by atoms with Gasteiger partial charge in [-0.15, -0.1) is 0 Å². The van der Waals surface area contributed by atoms with Crippen LogP contribution in [0.25, 0.3) is 0 Å². The van der Waals surface area contributed by atoms with Gasteiger partial charge in [0.1, 0.15) is 0 Å². The van der Waals surface area contributed by atoms with Gasteiger partial charge >= 0.3 is 0 Å². The van der Waals surface area contributed by atoms with Crippen molar-refractivity contribution in [3.63, 3.8) is 0 Å². The predicted octanol–water partition coefficient (Wildman–Crippen LogP) is 2.44. The van der Waals surface area contributed by atoms with Crippen LogP contribution in [-0.2, 0) is 4.74 Å². The third-order valence-corrected chi connectivity index (χ3v) is 2.78. The second kappa shape index (κ2) is 6.39. The topological polar surface area (TPSA) is 21.3 Å². The molecule has 0 saturated carbocycles. The fourth-order valence-electron chi connectivity index (χ4n) is 1.39. The van der Waals surface area contributed by atoms with Crippen LogP contribution < -0.4 is 5.32 Å². The van der Waals surface area contributed by atoms with E-state index in [2.05, 4.69) is 26.1 Å². The standard InChI is InChI=1S/C11H25NO/c1-6-10(9-12-4)7-8-11(2,3)13-5/h10,12H,6-9H2,1-5H3. The normalized spacial score (nSPS) is 14.5. The van der Waals surface area contributed by atoms with Gasteiger partial charge in [0.25, 0.3) is 0 Å². The number of hydrogen-bond donors (Lipinski definition) is 1. The van der Waals surface area contributed by atoms with E-state index in [0.29, 0.717) is 0 Å². The van der Waals surface area contributed by atoms with Gasteiger partial charge in [-0.3, -0.25) is 0 Å². The Morgan fingerprint density at radius 1 is 1.38 bits per heavy atom. The molecule has 0 bridgehead atoms. The Labute approximate surface area is 83.1 Å². The highest BCUT2D eigenvalue weighted by molar-refractivity contribution is 4.71. The Kier molecular flexibility index (Phi) is 6.35. The van der Waals surface area contributed by atoms with Crippen molar-refractivity contribution in [1.82, 2.24) is 5.32 Å². The van der Waals surface area contributed by atoms with E-state index in [1.807, 2.05) is 7.05 Å². The molecule has 0 amide bonds. The molecule has 80 valence electrons. The summed E-state index contributed by atoms with van der Waals surface area (Å²) in [5.41, 5.74) is 0.0428. The summed E-state index contributed by atoms with van der Waals surface area (Å²) >= 11 is 0. The number of hydrogen-bond acceptors (Lipinski definition) is 2. The zero-order chi connectivity index (χ0) is 10.3. The number of methoxy groups -OCH3 is 1. The van der Waals surface area contributed by atoms with Gasteiger partial charge in [-0.05, 0) is 46.2 Å². The molecule has 0 spiro atoms. The number of rotatable bonds is 7. The van der Waals surface area contributed by atoms with E-state index >= 15 is 0 Å². The molecule has 0 radical (unpaired) electrons. The predicted molar refractivity (Wildman–Crippen MR) is 58.0 cm³/mol. The lowest BCUT2D eigenvalue weighted by Crippen LogP contribution is -2.26. The molecule has 1 unspecified atom stereocenters. The van der Waals surface area contributed by atoms with Gasteiger partial charge < -0.3 is 10.1 Å². The van der Waals surface area contributed by atoms with E-state index in [9.17, 15) is 0 Å². The lowest BCUT2D eigenvalue weighted by Gasteiger charge is -2.25. The van der Waals surface area contributed by atoms with Crippen molar-refractivity contribution in [3.8, 4) is 0 Å². The van der Waals surface area contributed by atoms with Crippen molar-refractivity contribution in [2.24, 2.45) is 5.92 Å². The fraction of sp³-hybridized carbons (Fsp3) is 1.00. The second-order valence-electron chi connectivity index (χ2n) is 4.33. The minimum Gasteiger partial charge on any atom is -0.379 e. The summed E-state index contributed by atoms with van der Waals surface area (Å²) in [6.07, 6.45) is 3.64. The van der Waals surface area contributed by atoms with Crippen LogP contribution >= 0.6 is 0 Å². The van der Waals surface area contributed by atoms with Crippen molar-refractivity contribution in [2.75, 3.05) is 20.7 Å². The van der Waals surface area contributed by atoms with Crippen LogP contribution in [-0.4, -0.2) is 26.3 Å². The molecular weight excluding hydrogens is 162 g/mol. The minimum atomic E-state index is 0.0428. The van der Waals surface area contributed by atoms with Crippen LogP contribution in [0.2, 0.25) is 0 Å². The first-order valence-corrected chi connectivity index (χ1v) is 5.25. The summed E-state index contributed by atoms with van der Waals surface area (Å²) in [6, 6.07) is 0. The average Bonchev–Trinajstić information content (AvgIpc) is 2.12. The van der Waals surface area contributed by atoms with Gasteiger partial charge in [0.2, 0.25) is 0 Å². The molecule has 0 fully saturated rings. The minimum absolute atomic E-state index is 0.0428. The van der Waals surface area contributed by atoms with E-state index in [1.54, 1.807) is 7.11 Å². The summed E-state index contributed by atoms with van der Waals surface area (Å²) in [7, 11) is 3.81. The highest BCUT2D eigenvalue weighted by Gasteiger charge is 2.17. The van der Waals surface area contributed by atoms with E-state index in [4.69, 9.17) is 4.74 Å². The van der Waals surface area contributed by atoms with Gasteiger partial charge in [0.15, 0.2) is 0 Å². The van der Waals surface area contributed by atoms with Gasteiger partial charge in [-0.2, -0.15) is 0 Å². The monoisotopic (exact) mass is 187 g/mol. The van der Waals surface area contributed by atoms with Crippen molar-refractivity contribution in [3.05, 3.63) is 0 Å². The molecule has 0 aromatic rings. The Hall–Kier alpha value is -0.0800. The average molecular weight is 187 g/mol. The van der Waals surface area contributed by atoms with Crippen molar-refractivity contribution in [2.45, 2.75) is 45.6 Å². The summed E-state index contributed by atoms with van der Waals surface area (Å²) in [4.78, 5) is 0. The molecule has 0 aliphatic heterocycles. The first kappa shape index (κ1) is 12.9. The maximum atomic E-state index is 5.39. The molecule has 0 aliphatic carbocycles. The smallest absolute Gasteiger partial charge is 0.0622 e. The van der Waals surface area contributed by atoms with Crippen LogP contribution in [0.5, 0.6) is 0 Å². The number of nitrogens with one attached hydrogen (secondary N) is 1. The summed E-state index contributed by atoms with van der Waals surface area (Å²) in [5.74, 6) is 0.791. The summed E-state index contributed by atoms with van der Waals surface area (Å²) < 4.78 is 5.39. The second-order valence-corrected chi connectivity index (χ2v) is 4.33. The molecule has 2 heteroatoms. The highest BCUT2D eigenvalue weighted by atomic mass is 16.5. The van der Waals surface area contributed by atoms with Gasteiger partial charge in [0, 0.05) is 7.11 Å². The fourth-order valence-corrected chi connectivity index (χ4v) is 1.39. The van der Waals surface area contributed by atoms with Crippen LogP contribution in [0.3, 0.4) is 0 Å². The zero-order valence-corrected chi connectivity index (χ0v) is 9.81. The van der Waals surface area contributed by atoms with E-state index in [-0.39, 0.29) is 5.60 Å². The summed E-state index contributed by atoms with van der Waals surface area (Å²) in [5, 5.41) is 3.23. The Bertz CT molecular complexity index is 123. The van der Waals surface area contributed by atoms with Crippen LogP contribution in [0, 0.1) is 5.92 Å². The van der Waals surface area contributed by atoms with Crippen molar-refractivity contribution in [1.29, 1.82) is 0 Å². The van der Waals surface area contributed by atoms with E-state index in [0.717, 1.165) is 18.9 Å². The zero-order valence-electron chi connectivity index (χ0n) is 9.81. The Morgan fingerprint density at radius 2 is 2.00 bits per heavy atom. The third-order valence-electron chi connectivity index (χ3n) is 2.78.